The third-order valence-corrected chi connectivity index (χ3v) is 16.7. The summed E-state index contributed by atoms with van der Waals surface area (Å²) in [4.78, 5) is 60.8. The van der Waals surface area contributed by atoms with Crippen LogP contribution in [0.15, 0.2) is 54.7 Å². The van der Waals surface area contributed by atoms with Gasteiger partial charge in [-0.2, -0.15) is 10.2 Å². The highest BCUT2D eigenvalue weighted by molar-refractivity contribution is 7.92. The lowest BCUT2D eigenvalue weighted by molar-refractivity contribution is 0.0365. The Balaban J connectivity index is 0.846. The number of likely N-dealkylation sites (tertiary alicyclic amines) is 2. The molecule has 3 amide bonds. The number of aryl methyl sites for hydroxylation is 3. The summed E-state index contributed by atoms with van der Waals surface area (Å²) in [6.07, 6.45) is 9.95. The second-order valence-corrected chi connectivity index (χ2v) is 26.2. The first-order valence-corrected chi connectivity index (χ1v) is 30.9. The largest absolute Gasteiger partial charge is 0.443 e. The van der Waals surface area contributed by atoms with Crippen LogP contribution in [0.5, 0.6) is 0 Å². The molecule has 4 saturated heterocycles. The average molecular weight is 1120 g/mol. The monoisotopic (exact) mass is 1120 g/mol. The van der Waals surface area contributed by atoms with Gasteiger partial charge < -0.3 is 35.4 Å². The fraction of sp³-hybridized carbons (Fsp3) is 0.509. The summed E-state index contributed by atoms with van der Waals surface area (Å²) in [5.41, 5.74) is 13.2. The van der Waals surface area contributed by atoms with Crippen LogP contribution in [0.4, 0.5) is 27.8 Å². The number of hydrogen-bond acceptors (Lipinski definition) is 15. The van der Waals surface area contributed by atoms with E-state index in [2.05, 4.69) is 24.6 Å². The summed E-state index contributed by atoms with van der Waals surface area (Å²) in [7, 11) is -7.30. The van der Waals surface area contributed by atoms with E-state index in [0.29, 0.717) is 74.7 Å². The van der Waals surface area contributed by atoms with E-state index in [1.807, 2.05) is 64.4 Å². The fourth-order valence-electron chi connectivity index (χ4n) is 11.8. The van der Waals surface area contributed by atoms with Crippen molar-refractivity contribution >= 4 is 72.3 Å². The van der Waals surface area contributed by atoms with E-state index in [1.165, 1.54) is 0 Å². The second-order valence-electron chi connectivity index (χ2n) is 22.7. The van der Waals surface area contributed by atoms with Gasteiger partial charge in [0.1, 0.15) is 17.2 Å². The minimum atomic E-state index is -3.67. The van der Waals surface area contributed by atoms with Gasteiger partial charge in [0.25, 0.3) is 11.8 Å². The fourth-order valence-corrected chi connectivity index (χ4v) is 12.9. The number of hydrogen-bond donors (Lipinski definition) is 4. The smallest absolute Gasteiger partial charge is 0.407 e. The van der Waals surface area contributed by atoms with Gasteiger partial charge in [-0.25, -0.2) is 40.6 Å². The Bertz CT molecular complexity index is 3600. The number of benzene rings is 2. The van der Waals surface area contributed by atoms with Crippen molar-refractivity contribution in [2.45, 2.75) is 129 Å². The number of alkyl carbamates (subject to hydrolysis) is 1. The highest BCUT2D eigenvalue weighted by Gasteiger charge is 2.37. The molecule has 0 unspecified atom stereocenters. The number of fused-ring (bicyclic) bond motifs is 2. The quantitative estimate of drug-likeness (QED) is 0.0926. The molecule has 4 atom stereocenters. The number of carbonyl (C=O) groups is 3. The van der Waals surface area contributed by atoms with Crippen molar-refractivity contribution in [3.8, 4) is 0 Å². The number of carbonyl (C=O) groups excluding carboxylic acids is 3. The standard InChI is InChI=1S/C55H72N14O8S2/c1-33-15-17-41(62-78(7,73)74)39(25-33)52(70)66-21-11-9-13-45(66)43-27-48-58-50(35(3)30-68(48)60-43)65-24-20-38(32-65)57-54(72)77-55(5,6)29-47-36(4)51(64-23-19-37(56)31-64)59-49-28-44(61-69(47)49)46-14-10-12-22-67(46)53(71)40-26-34(2)16-18-42(40)63-79(8,75)76/h15-18,25-28,30,37-38,45-46,62-63H,9-14,19-24,29,31-32,56H2,1-8H3,(H,57,72)/t37-,38-,45-,46-/m0/s1. The second kappa shape index (κ2) is 21.5. The molecule has 5 N–H and O–H groups in total. The molecule has 8 heterocycles. The van der Waals surface area contributed by atoms with Gasteiger partial charge in [0.05, 0.1) is 70.2 Å². The molecule has 422 valence electrons. The van der Waals surface area contributed by atoms with Crippen LogP contribution in [-0.4, -0.2) is 143 Å². The Kier molecular flexibility index (Phi) is 15.1. The Morgan fingerprint density at radius 2 is 1.23 bits per heavy atom. The summed E-state index contributed by atoms with van der Waals surface area (Å²) in [6, 6.07) is 13.1. The van der Waals surface area contributed by atoms with Crippen LogP contribution in [0.1, 0.15) is 137 Å². The minimum absolute atomic E-state index is 0.00418. The molecule has 4 aromatic heterocycles. The zero-order valence-corrected chi connectivity index (χ0v) is 47.9. The molecule has 0 spiro atoms. The predicted molar refractivity (Wildman–Crippen MR) is 303 cm³/mol. The van der Waals surface area contributed by atoms with Gasteiger partial charge >= 0.3 is 6.09 Å². The number of sulfonamides is 2. The molecular weight excluding hydrogens is 1050 g/mol. The van der Waals surface area contributed by atoms with Gasteiger partial charge in [-0.3, -0.25) is 19.0 Å². The van der Waals surface area contributed by atoms with E-state index in [4.69, 9.17) is 30.6 Å². The molecule has 0 bridgehead atoms. The van der Waals surface area contributed by atoms with E-state index in [-0.39, 0.29) is 58.9 Å². The first-order valence-electron chi connectivity index (χ1n) is 27.2. The number of nitrogens with one attached hydrogen (secondary N) is 3. The zero-order valence-electron chi connectivity index (χ0n) is 46.2. The molecule has 4 fully saturated rings. The van der Waals surface area contributed by atoms with Crippen LogP contribution in [-0.2, 0) is 31.2 Å². The molecular formula is C55H72N14O8S2. The maximum atomic E-state index is 14.5. The lowest BCUT2D eigenvalue weighted by atomic mass is 9.97. The van der Waals surface area contributed by atoms with Crippen molar-refractivity contribution < 1.29 is 36.0 Å². The first kappa shape index (κ1) is 55.3. The van der Waals surface area contributed by atoms with Crippen molar-refractivity contribution in [3.05, 3.63) is 105 Å². The molecule has 2 aromatic carbocycles. The molecule has 6 aromatic rings. The maximum Gasteiger partial charge on any atom is 0.407 e. The van der Waals surface area contributed by atoms with Crippen LogP contribution in [0.3, 0.4) is 0 Å². The van der Waals surface area contributed by atoms with E-state index in [0.717, 1.165) is 90.7 Å². The molecule has 0 saturated carbocycles. The molecule has 79 heavy (non-hydrogen) atoms. The summed E-state index contributed by atoms with van der Waals surface area (Å²) in [6.45, 7) is 14.9. The number of ether oxygens (including phenoxy) is 1. The number of nitrogens with two attached hydrogens (primary N) is 1. The van der Waals surface area contributed by atoms with Crippen LogP contribution >= 0.6 is 0 Å². The van der Waals surface area contributed by atoms with Crippen LogP contribution < -0.4 is 30.3 Å². The molecule has 0 aliphatic carbocycles. The molecule has 4 aliphatic heterocycles. The number of anilines is 4. The first-order chi connectivity index (χ1) is 37.4. The van der Waals surface area contributed by atoms with E-state index in [9.17, 15) is 31.2 Å². The van der Waals surface area contributed by atoms with Crippen molar-refractivity contribution in [2.75, 3.05) is 71.0 Å². The topological polar surface area (TPSA) is 264 Å². The molecule has 22 nitrogen and oxygen atoms in total. The number of aromatic nitrogens is 6. The van der Waals surface area contributed by atoms with Gasteiger partial charge in [-0.05, 0) is 117 Å². The van der Waals surface area contributed by atoms with Crippen molar-refractivity contribution in [1.29, 1.82) is 0 Å². The van der Waals surface area contributed by atoms with Crippen LogP contribution in [0.2, 0.25) is 0 Å². The molecule has 10 rings (SSSR count). The SMILES string of the molecule is Cc1ccc(NS(C)(=O)=O)c(C(=O)N2CCCC[C@H]2c2cc3nc(N4CC[C@H](NC(=O)OC(C)(C)Cc5c(C)c(N6CC[C@H](N)C6)nc6cc([C@@H]7CCCCN7C(=O)c7cc(C)ccc7NS(C)(=O)=O)nn56)C4)c(C)cn3n2)c1. The lowest BCUT2D eigenvalue weighted by Crippen LogP contribution is -2.42. The van der Waals surface area contributed by atoms with Crippen molar-refractivity contribution in [1.82, 2.24) is 44.3 Å². The Morgan fingerprint density at radius 1 is 0.684 bits per heavy atom. The van der Waals surface area contributed by atoms with Gasteiger partial charge in [0, 0.05) is 81.2 Å². The van der Waals surface area contributed by atoms with Crippen molar-refractivity contribution in [3.63, 3.8) is 0 Å². The lowest BCUT2D eigenvalue weighted by Gasteiger charge is -2.35. The summed E-state index contributed by atoms with van der Waals surface area (Å²) in [5.74, 6) is 0.979. The van der Waals surface area contributed by atoms with Crippen LogP contribution in [0.25, 0.3) is 11.3 Å². The Hall–Kier alpha value is -7.05. The van der Waals surface area contributed by atoms with E-state index >= 15 is 0 Å². The minimum Gasteiger partial charge on any atom is -0.443 e. The van der Waals surface area contributed by atoms with Gasteiger partial charge in [0.15, 0.2) is 11.3 Å². The summed E-state index contributed by atoms with van der Waals surface area (Å²) >= 11 is 0. The normalized spacial score (nSPS) is 20.3. The van der Waals surface area contributed by atoms with Crippen LogP contribution in [0, 0.1) is 27.7 Å². The molecule has 4 aliphatic rings. The highest BCUT2D eigenvalue weighted by atomic mass is 32.2. The third-order valence-electron chi connectivity index (χ3n) is 15.5. The number of piperidine rings is 2. The Morgan fingerprint density at radius 3 is 1.80 bits per heavy atom. The third kappa shape index (κ3) is 12.1. The summed E-state index contributed by atoms with van der Waals surface area (Å²) in [5, 5.41) is 13.2. The van der Waals surface area contributed by atoms with Gasteiger partial charge in [-0.15, -0.1) is 0 Å². The predicted octanol–water partition coefficient (Wildman–Crippen LogP) is 6.35. The van der Waals surface area contributed by atoms with E-state index < -0.39 is 37.8 Å². The number of rotatable bonds is 14. The maximum absolute atomic E-state index is 14.5. The number of nitrogens with zero attached hydrogens (tertiary/aromatic N) is 10. The summed E-state index contributed by atoms with van der Waals surface area (Å²) < 4.78 is 64.1. The van der Waals surface area contributed by atoms with E-state index in [1.54, 1.807) is 50.7 Å². The average Bonchev–Trinajstić information content (AvgIpc) is 4.36. The van der Waals surface area contributed by atoms with Gasteiger partial charge in [0.2, 0.25) is 20.0 Å². The van der Waals surface area contributed by atoms with Crippen molar-refractivity contribution in [2.24, 2.45) is 5.73 Å². The van der Waals surface area contributed by atoms with Gasteiger partial charge in [-0.1, -0.05) is 23.3 Å². The number of amides is 3. The highest BCUT2D eigenvalue weighted by Crippen LogP contribution is 2.38. The molecule has 0 radical (unpaired) electrons. The Labute approximate surface area is 461 Å². The zero-order chi connectivity index (χ0) is 56.3. The molecule has 24 heteroatoms.